The van der Waals surface area contributed by atoms with Crippen LogP contribution in [-0.2, 0) is 9.53 Å². The minimum atomic E-state index is 0.0217. The van der Waals surface area contributed by atoms with Crippen LogP contribution < -0.4 is 0 Å². The number of rotatable bonds is 4. The van der Waals surface area contributed by atoms with E-state index in [1.807, 2.05) is 0 Å². The fraction of sp³-hybridized carbons (Fsp3) is 0.889. The molecule has 0 aromatic rings. The summed E-state index contributed by atoms with van der Waals surface area (Å²) < 4.78 is 5.10. The monoisotopic (exact) mass is 234 g/mol. The topological polar surface area (TPSA) is 26.3 Å². The Morgan fingerprint density at radius 1 is 1.42 bits per heavy atom. The molecule has 0 unspecified atom stereocenters. The van der Waals surface area contributed by atoms with E-state index in [0.717, 1.165) is 24.6 Å². The van der Waals surface area contributed by atoms with E-state index < -0.39 is 0 Å². The first-order valence-electron chi connectivity index (χ1n) is 4.57. The Hall–Kier alpha value is -0.0500. The maximum atomic E-state index is 11.3. The summed E-state index contributed by atoms with van der Waals surface area (Å²) in [5.41, 5.74) is 0. The Morgan fingerprint density at radius 2 is 2.08 bits per heavy atom. The van der Waals surface area contributed by atoms with Gasteiger partial charge >= 0.3 is 5.97 Å². The van der Waals surface area contributed by atoms with Gasteiger partial charge in [0.05, 0.1) is 12.5 Å². The van der Waals surface area contributed by atoms with E-state index in [4.69, 9.17) is 4.74 Å². The lowest BCUT2D eigenvalue weighted by Gasteiger charge is -2.08. The minimum absolute atomic E-state index is 0.0217. The third-order valence-corrected chi connectivity index (χ3v) is 2.77. The van der Waals surface area contributed by atoms with Gasteiger partial charge in [-0.1, -0.05) is 28.8 Å². The number of ether oxygens (including phenoxy) is 1. The second-order valence-electron chi connectivity index (χ2n) is 3.19. The summed E-state index contributed by atoms with van der Waals surface area (Å²) in [5, 5.41) is 0.908. The molecule has 1 fully saturated rings. The van der Waals surface area contributed by atoms with Crippen molar-refractivity contribution in [1.29, 1.82) is 0 Å². The fourth-order valence-corrected chi connectivity index (χ4v) is 1.74. The largest absolute Gasteiger partial charge is 0.465 e. The summed E-state index contributed by atoms with van der Waals surface area (Å²) in [6.45, 7) is 0.570. The summed E-state index contributed by atoms with van der Waals surface area (Å²) in [6.07, 6.45) is 5.37. The summed E-state index contributed by atoms with van der Waals surface area (Å²) in [6, 6.07) is 0. The van der Waals surface area contributed by atoms with Crippen molar-refractivity contribution in [1.82, 2.24) is 0 Å². The first kappa shape index (κ1) is 10.0. The second kappa shape index (κ2) is 5.57. The highest BCUT2D eigenvalue weighted by Gasteiger charge is 2.23. The molecule has 1 rings (SSSR count). The number of hydrogen-bond acceptors (Lipinski definition) is 2. The van der Waals surface area contributed by atoms with Crippen LogP contribution in [0.2, 0.25) is 0 Å². The van der Waals surface area contributed by atoms with Gasteiger partial charge in [-0.3, -0.25) is 4.79 Å². The highest BCUT2D eigenvalue weighted by Crippen LogP contribution is 2.25. The summed E-state index contributed by atoms with van der Waals surface area (Å²) >= 11 is 3.29. The normalized spacial score (nSPS) is 18.1. The van der Waals surface area contributed by atoms with E-state index >= 15 is 0 Å². The zero-order chi connectivity index (χ0) is 8.81. The van der Waals surface area contributed by atoms with Crippen molar-refractivity contribution in [2.24, 2.45) is 5.92 Å². The molecule has 1 saturated carbocycles. The molecule has 0 atom stereocenters. The van der Waals surface area contributed by atoms with Gasteiger partial charge in [0, 0.05) is 5.33 Å². The lowest BCUT2D eigenvalue weighted by molar-refractivity contribution is -0.148. The lowest BCUT2D eigenvalue weighted by atomic mass is 10.1. The van der Waals surface area contributed by atoms with Gasteiger partial charge in [-0.25, -0.2) is 0 Å². The van der Waals surface area contributed by atoms with Gasteiger partial charge in [0.2, 0.25) is 0 Å². The van der Waals surface area contributed by atoms with Gasteiger partial charge in [-0.05, 0) is 19.3 Å². The molecular weight excluding hydrogens is 220 g/mol. The minimum Gasteiger partial charge on any atom is -0.465 e. The van der Waals surface area contributed by atoms with Crippen LogP contribution in [0.15, 0.2) is 0 Å². The van der Waals surface area contributed by atoms with Gasteiger partial charge < -0.3 is 4.74 Å². The van der Waals surface area contributed by atoms with Gasteiger partial charge in [0.25, 0.3) is 0 Å². The van der Waals surface area contributed by atoms with Gasteiger partial charge in [-0.2, -0.15) is 0 Å². The summed E-state index contributed by atoms with van der Waals surface area (Å²) in [7, 11) is 0. The molecule has 1 aliphatic rings. The van der Waals surface area contributed by atoms with E-state index in [9.17, 15) is 4.79 Å². The van der Waals surface area contributed by atoms with Crippen molar-refractivity contribution in [3.63, 3.8) is 0 Å². The van der Waals surface area contributed by atoms with E-state index in [1.165, 1.54) is 12.8 Å². The summed E-state index contributed by atoms with van der Waals surface area (Å²) in [4.78, 5) is 11.3. The van der Waals surface area contributed by atoms with Gasteiger partial charge in [0.1, 0.15) is 0 Å². The zero-order valence-electron chi connectivity index (χ0n) is 7.22. The Balaban J connectivity index is 2.10. The average Bonchev–Trinajstić information content (AvgIpc) is 2.56. The number of esters is 1. The summed E-state index contributed by atoms with van der Waals surface area (Å²) in [5.74, 6) is 0.230. The van der Waals surface area contributed by atoms with Crippen molar-refractivity contribution >= 4 is 21.9 Å². The third kappa shape index (κ3) is 3.13. The maximum absolute atomic E-state index is 11.3. The molecule has 0 amide bonds. The van der Waals surface area contributed by atoms with Crippen molar-refractivity contribution < 1.29 is 9.53 Å². The van der Waals surface area contributed by atoms with Gasteiger partial charge in [-0.15, -0.1) is 0 Å². The molecule has 0 aromatic heterocycles. The molecule has 0 spiro atoms. The van der Waals surface area contributed by atoms with E-state index in [1.54, 1.807) is 0 Å². The SMILES string of the molecule is O=C(OCCCBr)C1CCCC1. The first-order chi connectivity index (χ1) is 5.84. The average molecular weight is 235 g/mol. The Kier molecular flexibility index (Phi) is 4.66. The third-order valence-electron chi connectivity index (χ3n) is 2.21. The van der Waals surface area contributed by atoms with Crippen LogP contribution in [0.25, 0.3) is 0 Å². The molecule has 3 heteroatoms. The van der Waals surface area contributed by atoms with Crippen LogP contribution in [0.5, 0.6) is 0 Å². The quantitative estimate of drug-likeness (QED) is 0.425. The van der Waals surface area contributed by atoms with E-state index in [2.05, 4.69) is 15.9 Å². The first-order valence-corrected chi connectivity index (χ1v) is 5.69. The Bertz CT molecular complexity index is 141. The predicted octanol–water partition coefficient (Wildman–Crippen LogP) is 2.50. The molecule has 2 nitrogen and oxygen atoms in total. The Labute approximate surface area is 81.8 Å². The van der Waals surface area contributed by atoms with Gasteiger partial charge in [0.15, 0.2) is 0 Å². The molecule has 0 saturated heterocycles. The molecule has 12 heavy (non-hydrogen) atoms. The maximum Gasteiger partial charge on any atom is 0.308 e. The van der Waals surface area contributed by atoms with Crippen LogP contribution in [-0.4, -0.2) is 17.9 Å². The molecular formula is C9H15BrO2. The number of carbonyl (C=O) groups excluding carboxylic acids is 1. The molecule has 0 radical (unpaired) electrons. The zero-order valence-corrected chi connectivity index (χ0v) is 8.81. The second-order valence-corrected chi connectivity index (χ2v) is 3.98. The fourth-order valence-electron chi connectivity index (χ4n) is 1.51. The molecule has 70 valence electrons. The molecule has 0 bridgehead atoms. The van der Waals surface area contributed by atoms with Crippen molar-refractivity contribution in [2.45, 2.75) is 32.1 Å². The molecule has 0 N–H and O–H groups in total. The van der Waals surface area contributed by atoms with Crippen LogP contribution >= 0.6 is 15.9 Å². The van der Waals surface area contributed by atoms with Crippen LogP contribution in [0.3, 0.4) is 0 Å². The molecule has 0 aliphatic heterocycles. The van der Waals surface area contributed by atoms with Crippen LogP contribution in [0.4, 0.5) is 0 Å². The number of carbonyl (C=O) groups is 1. The number of hydrogen-bond donors (Lipinski definition) is 0. The highest BCUT2D eigenvalue weighted by molar-refractivity contribution is 9.09. The lowest BCUT2D eigenvalue weighted by Crippen LogP contribution is -2.15. The van der Waals surface area contributed by atoms with Crippen molar-refractivity contribution in [3.05, 3.63) is 0 Å². The highest BCUT2D eigenvalue weighted by atomic mass is 79.9. The standard InChI is InChI=1S/C9H15BrO2/c10-6-3-7-12-9(11)8-4-1-2-5-8/h8H,1-7H2. The van der Waals surface area contributed by atoms with Crippen molar-refractivity contribution in [2.75, 3.05) is 11.9 Å². The van der Waals surface area contributed by atoms with E-state index in [0.29, 0.717) is 6.61 Å². The Morgan fingerprint density at radius 3 is 2.67 bits per heavy atom. The van der Waals surface area contributed by atoms with Crippen molar-refractivity contribution in [3.8, 4) is 0 Å². The smallest absolute Gasteiger partial charge is 0.308 e. The van der Waals surface area contributed by atoms with Crippen LogP contribution in [0.1, 0.15) is 32.1 Å². The number of halogens is 1. The van der Waals surface area contributed by atoms with Crippen LogP contribution in [0, 0.1) is 5.92 Å². The van der Waals surface area contributed by atoms with E-state index in [-0.39, 0.29) is 11.9 Å². The number of alkyl halides is 1. The molecule has 0 aromatic carbocycles. The molecule has 0 heterocycles. The molecule has 1 aliphatic carbocycles. The predicted molar refractivity (Wildman–Crippen MR) is 51.3 cm³/mol.